The van der Waals surface area contributed by atoms with E-state index < -0.39 is 0 Å². The summed E-state index contributed by atoms with van der Waals surface area (Å²) in [4.78, 5) is 11.4. The molecule has 0 fully saturated rings. The molecule has 4 nitrogen and oxygen atoms in total. The molecule has 0 rings (SSSR count). The lowest BCUT2D eigenvalue weighted by Gasteiger charge is -2.16. The Morgan fingerprint density at radius 3 is 2.80 bits per heavy atom. The van der Waals surface area contributed by atoms with Crippen LogP contribution >= 0.6 is 15.9 Å². The molecule has 0 saturated carbocycles. The second-order valence-corrected chi connectivity index (χ2v) is 4.17. The van der Waals surface area contributed by atoms with Crippen LogP contribution in [0.15, 0.2) is 0 Å². The third-order valence-corrected chi connectivity index (χ3v) is 2.56. The predicted molar refractivity (Wildman–Crippen MR) is 63.2 cm³/mol. The van der Waals surface area contributed by atoms with E-state index in [4.69, 9.17) is 9.84 Å². The van der Waals surface area contributed by atoms with Crippen LogP contribution in [0.4, 0.5) is 0 Å². The largest absolute Gasteiger partial charge is 0.396 e. The van der Waals surface area contributed by atoms with E-state index in [0.29, 0.717) is 19.4 Å². The van der Waals surface area contributed by atoms with Crippen molar-refractivity contribution in [2.45, 2.75) is 31.7 Å². The molecule has 0 aliphatic carbocycles. The lowest BCUT2D eigenvalue weighted by atomic mass is 10.2. The Kier molecular flexibility index (Phi) is 10.3. The van der Waals surface area contributed by atoms with Crippen molar-refractivity contribution in [1.82, 2.24) is 5.32 Å². The van der Waals surface area contributed by atoms with Gasteiger partial charge in [0.2, 0.25) is 5.91 Å². The van der Waals surface area contributed by atoms with E-state index in [0.717, 1.165) is 18.2 Å². The van der Waals surface area contributed by atoms with E-state index in [-0.39, 0.29) is 18.6 Å². The molecule has 0 heterocycles. The zero-order valence-electron chi connectivity index (χ0n) is 9.17. The molecule has 1 unspecified atom stereocenters. The molecule has 1 amide bonds. The van der Waals surface area contributed by atoms with Crippen LogP contribution in [-0.2, 0) is 9.53 Å². The number of hydrogen-bond donors (Lipinski definition) is 2. The van der Waals surface area contributed by atoms with Gasteiger partial charge in [-0.25, -0.2) is 0 Å². The van der Waals surface area contributed by atoms with Crippen molar-refractivity contribution in [1.29, 1.82) is 0 Å². The summed E-state index contributed by atoms with van der Waals surface area (Å²) in [6.07, 6.45) is 2.97. The number of nitrogens with one attached hydrogen (secondary N) is 1. The summed E-state index contributed by atoms with van der Waals surface area (Å²) in [5.74, 6) is 0.0338. The topological polar surface area (TPSA) is 58.6 Å². The van der Waals surface area contributed by atoms with Gasteiger partial charge in [-0.1, -0.05) is 15.9 Å². The highest BCUT2D eigenvalue weighted by atomic mass is 79.9. The van der Waals surface area contributed by atoms with Gasteiger partial charge in [-0.3, -0.25) is 4.79 Å². The van der Waals surface area contributed by atoms with Crippen molar-refractivity contribution in [2.24, 2.45) is 0 Å². The minimum atomic E-state index is -0.0727. The van der Waals surface area contributed by atoms with Crippen molar-refractivity contribution in [3.05, 3.63) is 0 Å². The second kappa shape index (κ2) is 10.4. The van der Waals surface area contributed by atoms with Gasteiger partial charge < -0.3 is 15.2 Å². The minimum Gasteiger partial charge on any atom is -0.396 e. The maximum absolute atomic E-state index is 11.4. The van der Waals surface area contributed by atoms with E-state index in [1.807, 2.05) is 0 Å². The average Bonchev–Trinajstić information content (AvgIpc) is 2.19. The molecule has 0 aromatic carbocycles. The zero-order valence-corrected chi connectivity index (χ0v) is 10.8. The first kappa shape index (κ1) is 14.9. The number of rotatable bonds is 9. The molecule has 15 heavy (non-hydrogen) atoms. The monoisotopic (exact) mass is 281 g/mol. The molecule has 2 N–H and O–H groups in total. The normalized spacial score (nSPS) is 12.5. The lowest BCUT2D eigenvalue weighted by Crippen LogP contribution is -2.38. The van der Waals surface area contributed by atoms with Crippen LogP contribution in [0, 0.1) is 0 Å². The molecule has 0 aliphatic heterocycles. The van der Waals surface area contributed by atoms with Crippen LogP contribution in [0.2, 0.25) is 0 Å². The molecule has 0 aliphatic rings. The van der Waals surface area contributed by atoms with Crippen molar-refractivity contribution in [3.63, 3.8) is 0 Å². The maximum Gasteiger partial charge on any atom is 0.220 e. The Bertz CT molecular complexity index is 161. The van der Waals surface area contributed by atoms with Gasteiger partial charge in [0, 0.05) is 25.5 Å². The molecule has 90 valence electrons. The highest BCUT2D eigenvalue weighted by Gasteiger charge is 2.10. The summed E-state index contributed by atoms with van der Waals surface area (Å²) in [5.41, 5.74) is 0. The first-order valence-corrected chi connectivity index (χ1v) is 6.31. The number of aliphatic hydroxyl groups excluding tert-OH is 1. The van der Waals surface area contributed by atoms with Crippen LogP contribution in [0.3, 0.4) is 0 Å². The average molecular weight is 282 g/mol. The standard InChI is InChI=1S/C10H20BrNO3/c1-15-8-9(5-7-13)12-10(14)4-2-3-6-11/h9,13H,2-8H2,1H3,(H,12,14). The van der Waals surface area contributed by atoms with Gasteiger partial charge in [0.1, 0.15) is 0 Å². The molecule has 0 bridgehead atoms. The van der Waals surface area contributed by atoms with Gasteiger partial charge in [-0.15, -0.1) is 0 Å². The maximum atomic E-state index is 11.4. The minimum absolute atomic E-state index is 0.0338. The van der Waals surface area contributed by atoms with Crippen molar-refractivity contribution < 1.29 is 14.6 Å². The first-order valence-electron chi connectivity index (χ1n) is 5.19. The number of carbonyl (C=O) groups excluding carboxylic acids is 1. The summed E-state index contributed by atoms with van der Waals surface area (Å²) in [5, 5.41) is 12.5. The van der Waals surface area contributed by atoms with Gasteiger partial charge in [0.05, 0.1) is 12.6 Å². The number of carbonyl (C=O) groups is 1. The van der Waals surface area contributed by atoms with Crippen LogP contribution in [0.5, 0.6) is 0 Å². The zero-order chi connectivity index (χ0) is 11.5. The van der Waals surface area contributed by atoms with E-state index in [1.54, 1.807) is 7.11 Å². The number of amides is 1. The van der Waals surface area contributed by atoms with Gasteiger partial charge in [0.25, 0.3) is 0 Å². The number of alkyl halides is 1. The summed E-state index contributed by atoms with van der Waals surface area (Å²) in [7, 11) is 1.58. The van der Waals surface area contributed by atoms with Crippen LogP contribution in [0.25, 0.3) is 0 Å². The lowest BCUT2D eigenvalue weighted by molar-refractivity contribution is -0.122. The molecule has 5 heteroatoms. The summed E-state index contributed by atoms with van der Waals surface area (Å²) >= 11 is 3.32. The molecular formula is C10H20BrNO3. The number of hydrogen-bond acceptors (Lipinski definition) is 3. The van der Waals surface area contributed by atoms with Crippen LogP contribution < -0.4 is 5.32 Å². The Morgan fingerprint density at radius 2 is 2.27 bits per heavy atom. The van der Waals surface area contributed by atoms with Gasteiger partial charge >= 0.3 is 0 Å². The number of halogens is 1. The summed E-state index contributed by atoms with van der Waals surface area (Å²) in [6, 6.07) is -0.0727. The molecule has 0 aromatic heterocycles. The van der Waals surface area contributed by atoms with Crippen LogP contribution in [-0.4, -0.2) is 42.7 Å². The van der Waals surface area contributed by atoms with E-state index in [2.05, 4.69) is 21.2 Å². The fraction of sp³-hybridized carbons (Fsp3) is 0.900. The third kappa shape index (κ3) is 8.84. The van der Waals surface area contributed by atoms with Crippen molar-refractivity contribution in [3.8, 4) is 0 Å². The number of methoxy groups -OCH3 is 1. The predicted octanol–water partition coefficient (Wildman–Crippen LogP) is 1.07. The Labute approximate surface area is 99.5 Å². The number of ether oxygens (including phenoxy) is 1. The fourth-order valence-corrected chi connectivity index (χ4v) is 1.63. The van der Waals surface area contributed by atoms with Gasteiger partial charge in [-0.2, -0.15) is 0 Å². The molecule has 0 aromatic rings. The second-order valence-electron chi connectivity index (χ2n) is 3.38. The molecule has 0 radical (unpaired) electrons. The van der Waals surface area contributed by atoms with Gasteiger partial charge in [0.15, 0.2) is 0 Å². The quantitative estimate of drug-likeness (QED) is 0.491. The molecule has 0 spiro atoms. The highest BCUT2D eigenvalue weighted by Crippen LogP contribution is 2.00. The number of aliphatic hydroxyl groups is 1. The summed E-state index contributed by atoms with van der Waals surface area (Å²) in [6.45, 7) is 0.514. The van der Waals surface area contributed by atoms with E-state index in [9.17, 15) is 4.79 Å². The highest BCUT2D eigenvalue weighted by molar-refractivity contribution is 9.09. The Morgan fingerprint density at radius 1 is 1.53 bits per heavy atom. The Hall–Kier alpha value is -0.130. The first-order chi connectivity index (χ1) is 7.24. The fourth-order valence-electron chi connectivity index (χ4n) is 1.23. The molecule has 1 atom stereocenters. The van der Waals surface area contributed by atoms with E-state index in [1.165, 1.54) is 0 Å². The smallest absolute Gasteiger partial charge is 0.220 e. The molecular weight excluding hydrogens is 262 g/mol. The summed E-state index contributed by atoms with van der Waals surface area (Å²) < 4.78 is 4.95. The Balaban J connectivity index is 3.67. The SMILES string of the molecule is COCC(CCO)NC(=O)CCCCBr. The van der Waals surface area contributed by atoms with E-state index >= 15 is 0 Å². The number of unbranched alkanes of at least 4 members (excludes halogenated alkanes) is 1. The van der Waals surface area contributed by atoms with Crippen LogP contribution in [0.1, 0.15) is 25.7 Å². The van der Waals surface area contributed by atoms with Gasteiger partial charge in [-0.05, 0) is 19.3 Å². The molecule has 0 saturated heterocycles. The van der Waals surface area contributed by atoms with Crippen molar-refractivity contribution >= 4 is 21.8 Å². The third-order valence-electron chi connectivity index (χ3n) is 2.00. The van der Waals surface area contributed by atoms with Crippen molar-refractivity contribution in [2.75, 3.05) is 25.7 Å².